The van der Waals surface area contributed by atoms with Gasteiger partial charge in [0.05, 0.1) is 11.4 Å². The molecule has 96 valence electrons. The monoisotopic (exact) mass is 263 g/mol. The Labute approximate surface area is 110 Å². The normalized spacial score (nSPS) is 14.4. The molecule has 0 aromatic carbocycles. The standard InChI is InChI=1S/C13H17N3OS/c1-8(2)14-7-12-15-16-13(17-12)11-6-9-4-3-5-10(9)18-11/h6,8,14H,3-5,7H2,1-2H3. The molecule has 5 heteroatoms. The van der Waals surface area contributed by atoms with Gasteiger partial charge in [-0.2, -0.15) is 0 Å². The van der Waals surface area contributed by atoms with E-state index in [4.69, 9.17) is 4.42 Å². The number of nitrogens with one attached hydrogen (secondary N) is 1. The summed E-state index contributed by atoms with van der Waals surface area (Å²) in [5.41, 5.74) is 1.47. The molecule has 0 radical (unpaired) electrons. The van der Waals surface area contributed by atoms with Crippen molar-refractivity contribution in [2.75, 3.05) is 0 Å². The summed E-state index contributed by atoms with van der Waals surface area (Å²) < 4.78 is 5.68. The highest BCUT2D eigenvalue weighted by Crippen LogP contribution is 2.35. The highest BCUT2D eigenvalue weighted by atomic mass is 32.1. The third kappa shape index (κ3) is 2.33. The van der Waals surface area contributed by atoms with Gasteiger partial charge in [0.15, 0.2) is 0 Å². The van der Waals surface area contributed by atoms with E-state index in [9.17, 15) is 0 Å². The van der Waals surface area contributed by atoms with Crippen LogP contribution in [0.2, 0.25) is 0 Å². The molecule has 0 unspecified atom stereocenters. The lowest BCUT2D eigenvalue weighted by Gasteiger charge is -2.03. The maximum absolute atomic E-state index is 5.68. The highest BCUT2D eigenvalue weighted by Gasteiger charge is 2.18. The molecule has 1 aliphatic carbocycles. The molecule has 1 aliphatic rings. The molecule has 0 fully saturated rings. The molecular formula is C13H17N3OS. The highest BCUT2D eigenvalue weighted by molar-refractivity contribution is 7.15. The smallest absolute Gasteiger partial charge is 0.257 e. The van der Waals surface area contributed by atoms with E-state index in [0.717, 1.165) is 4.88 Å². The predicted octanol–water partition coefficient (Wildman–Crippen LogP) is 2.78. The Morgan fingerprint density at radius 3 is 3.06 bits per heavy atom. The summed E-state index contributed by atoms with van der Waals surface area (Å²) in [4.78, 5) is 2.60. The SMILES string of the molecule is CC(C)NCc1nnc(-c2cc3c(s2)CCC3)o1. The molecule has 0 saturated heterocycles. The second-order valence-electron chi connectivity index (χ2n) is 4.95. The zero-order chi connectivity index (χ0) is 12.5. The molecule has 1 N–H and O–H groups in total. The first-order chi connectivity index (χ1) is 8.72. The van der Waals surface area contributed by atoms with Crippen molar-refractivity contribution in [1.29, 1.82) is 0 Å². The number of hydrogen-bond acceptors (Lipinski definition) is 5. The first-order valence-corrected chi connectivity index (χ1v) is 7.22. The lowest BCUT2D eigenvalue weighted by atomic mass is 10.2. The molecule has 18 heavy (non-hydrogen) atoms. The van der Waals surface area contributed by atoms with Crippen molar-refractivity contribution in [3.63, 3.8) is 0 Å². The second-order valence-corrected chi connectivity index (χ2v) is 6.09. The van der Waals surface area contributed by atoms with Crippen LogP contribution in [0, 0.1) is 0 Å². The summed E-state index contributed by atoms with van der Waals surface area (Å²) in [6.07, 6.45) is 3.69. The molecule has 0 saturated carbocycles. The van der Waals surface area contributed by atoms with Gasteiger partial charge in [-0.1, -0.05) is 13.8 Å². The minimum atomic E-state index is 0.422. The number of aromatic nitrogens is 2. The number of thiophene rings is 1. The molecular weight excluding hydrogens is 246 g/mol. The van der Waals surface area contributed by atoms with Gasteiger partial charge in [-0.05, 0) is 30.9 Å². The van der Waals surface area contributed by atoms with Crippen LogP contribution >= 0.6 is 11.3 Å². The summed E-state index contributed by atoms with van der Waals surface area (Å²) in [7, 11) is 0. The zero-order valence-corrected chi connectivity index (χ0v) is 11.5. The molecule has 2 heterocycles. The van der Waals surface area contributed by atoms with Crippen LogP contribution < -0.4 is 5.32 Å². The van der Waals surface area contributed by atoms with Crippen molar-refractivity contribution in [3.05, 3.63) is 22.4 Å². The third-order valence-corrected chi connectivity index (χ3v) is 4.31. The minimum absolute atomic E-state index is 0.422. The largest absolute Gasteiger partial charge is 0.419 e. The van der Waals surface area contributed by atoms with Crippen molar-refractivity contribution in [2.24, 2.45) is 0 Å². The van der Waals surface area contributed by atoms with E-state index in [1.54, 1.807) is 11.3 Å². The first kappa shape index (κ1) is 11.9. The second kappa shape index (κ2) is 4.82. The summed E-state index contributed by atoms with van der Waals surface area (Å²) in [5.74, 6) is 1.32. The molecule has 2 aromatic rings. The number of nitrogens with zero attached hydrogens (tertiary/aromatic N) is 2. The molecule has 3 rings (SSSR count). The van der Waals surface area contributed by atoms with Crippen LogP contribution in [0.1, 0.15) is 36.6 Å². The van der Waals surface area contributed by atoms with E-state index < -0.39 is 0 Å². The Morgan fingerprint density at radius 2 is 2.28 bits per heavy atom. The summed E-state index contributed by atoms with van der Waals surface area (Å²) >= 11 is 1.80. The lowest BCUT2D eigenvalue weighted by Crippen LogP contribution is -2.21. The predicted molar refractivity (Wildman–Crippen MR) is 71.6 cm³/mol. The van der Waals surface area contributed by atoms with E-state index in [1.165, 1.54) is 29.7 Å². The van der Waals surface area contributed by atoms with Crippen LogP contribution in [-0.2, 0) is 19.4 Å². The summed E-state index contributed by atoms with van der Waals surface area (Å²) in [5, 5.41) is 11.5. The summed E-state index contributed by atoms with van der Waals surface area (Å²) in [6.45, 7) is 4.83. The van der Waals surface area contributed by atoms with Gasteiger partial charge in [-0.25, -0.2) is 0 Å². The number of rotatable bonds is 4. The van der Waals surface area contributed by atoms with Gasteiger partial charge in [0.25, 0.3) is 5.89 Å². The Bertz CT molecular complexity index is 523. The topological polar surface area (TPSA) is 51.0 Å². The van der Waals surface area contributed by atoms with Crippen molar-refractivity contribution in [3.8, 4) is 10.8 Å². The molecule has 0 bridgehead atoms. The van der Waals surface area contributed by atoms with Gasteiger partial charge >= 0.3 is 0 Å². The Kier molecular flexibility index (Phi) is 3.18. The average Bonchev–Trinajstić information content (AvgIpc) is 3.00. The van der Waals surface area contributed by atoms with Crippen LogP contribution in [0.3, 0.4) is 0 Å². The Balaban J connectivity index is 1.75. The van der Waals surface area contributed by atoms with E-state index >= 15 is 0 Å². The molecule has 2 aromatic heterocycles. The molecule has 0 atom stereocenters. The van der Waals surface area contributed by atoms with Crippen molar-refractivity contribution < 1.29 is 4.42 Å². The van der Waals surface area contributed by atoms with Gasteiger partial charge in [-0.3, -0.25) is 0 Å². The average molecular weight is 263 g/mol. The van der Waals surface area contributed by atoms with Crippen molar-refractivity contribution >= 4 is 11.3 Å². The quantitative estimate of drug-likeness (QED) is 0.921. The maximum atomic E-state index is 5.68. The van der Waals surface area contributed by atoms with Crippen molar-refractivity contribution in [1.82, 2.24) is 15.5 Å². The third-order valence-electron chi connectivity index (χ3n) is 3.09. The Morgan fingerprint density at radius 1 is 1.39 bits per heavy atom. The van der Waals surface area contributed by atoms with Crippen LogP contribution in [0.15, 0.2) is 10.5 Å². The number of fused-ring (bicyclic) bond motifs is 1. The van der Waals surface area contributed by atoms with Crippen molar-refractivity contribution in [2.45, 2.75) is 45.7 Å². The molecule has 0 aliphatic heterocycles. The zero-order valence-electron chi connectivity index (χ0n) is 10.7. The van der Waals surface area contributed by atoms with E-state index in [-0.39, 0.29) is 0 Å². The van der Waals surface area contributed by atoms with E-state index in [2.05, 4.69) is 35.4 Å². The molecule has 4 nitrogen and oxygen atoms in total. The number of hydrogen-bond donors (Lipinski definition) is 1. The van der Waals surface area contributed by atoms with E-state index in [0.29, 0.717) is 24.4 Å². The van der Waals surface area contributed by atoms with Crippen LogP contribution in [0.25, 0.3) is 10.8 Å². The van der Waals surface area contributed by atoms with E-state index in [1.807, 2.05) is 0 Å². The Hall–Kier alpha value is -1.20. The molecule has 0 spiro atoms. The fourth-order valence-electron chi connectivity index (χ4n) is 2.15. The number of aryl methyl sites for hydroxylation is 2. The fourth-order valence-corrected chi connectivity index (χ4v) is 3.33. The first-order valence-electron chi connectivity index (χ1n) is 6.40. The van der Waals surface area contributed by atoms with Crippen LogP contribution in [-0.4, -0.2) is 16.2 Å². The lowest BCUT2D eigenvalue weighted by molar-refractivity contribution is 0.459. The molecule has 0 amide bonds. The summed E-state index contributed by atoms with van der Waals surface area (Å²) in [6, 6.07) is 2.63. The fraction of sp³-hybridized carbons (Fsp3) is 0.538. The van der Waals surface area contributed by atoms with Crippen LogP contribution in [0.4, 0.5) is 0 Å². The van der Waals surface area contributed by atoms with Gasteiger partial charge in [0.1, 0.15) is 0 Å². The maximum Gasteiger partial charge on any atom is 0.257 e. The van der Waals surface area contributed by atoms with Gasteiger partial charge in [0, 0.05) is 10.9 Å². The van der Waals surface area contributed by atoms with Crippen LogP contribution in [0.5, 0.6) is 0 Å². The van der Waals surface area contributed by atoms with Gasteiger partial charge < -0.3 is 9.73 Å². The van der Waals surface area contributed by atoms with Gasteiger partial charge in [-0.15, -0.1) is 21.5 Å². The van der Waals surface area contributed by atoms with Gasteiger partial charge in [0.2, 0.25) is 5.89 Å². The minimum Gasteiger partial charge on any atom is -0.419 e.